The molecule has 0 aliphatic rings. The van der Waals surface area contributed by atoms with Crippen molar-refractivity contribution in [3.63, 3.8) is 0 Å². The lowest BCUT2D eigenvalue weighted by Crippen LogP contribution is -2.45. The molecule has 0 atom stereocenters. The highest BCUT2D eigenvalue weighted by atomic mass is 16.2. The number of amides is 2. The number of nitrogen functional groups attached to an aromatic ring is 1. The molecule has 0 spiro atoms. The minimum absolute atomic E-state index is 0.0744. The Hall–Kier alpha value is -2.08. The van der Waals surface area contributed by atoms with Crippen molar-refractivity contribution in [3.05, 3.63) is 29.8 Å². The molecular weight excluding hydrogens is 244 g/mol. The van der Waals surface area contributed by atoms with Crippen LogP contribution >= 0.6 is 0 Å². The quantitative estimate of drug-likeness (QED) is 0.473. The number of nitrogens with one attached hydrogen (secondary N) is 3. The van der Waals surface area contributed by atoms with Gasteiger partial charge in [0.2, 0.25) is 5.91 Å². The molecule has 1 rings (SSSR count). The van der Waals surface area contributed by atoms with Crippen LogP contribution in [0.15, 0.2) is 24.3 Å². The lowest BCUT2D eigenvalue weighted by molar-refractivity contribution is -0.121. The minimum Gasteiger partial charge on any atom is -0.350 e. The number of hydrazine groups is 1. The highest BCUT2D eigenvalue weighted by molar-refractivity contribution is 6.01. The van der Waals surface area contributed by atoms with Crippen LogP contribution in [0.5, 0.6) is 0 Å². The summed E-state index contributed by atoms with van der Waals surface area (Å²) in [5, 5.41) is 5.31. The Kier molecular flexibility index (Phi) is 4.88. The molecule has 0 aromatic heterocycles. The van der Waals surface area contributed by atoms with Gasteiger partial charge in [-0.2, -0.15) is 0 Å². The predicted octanol–water partition coefficient (Wildman–Crippen LogP) is 0.617. The summed E-state index contributed by atoms with van der Waals surface area (Å²) in [5.41, 5.74) is 3.03. The highest BCUT2D eigenvalue weighted by Gasteiger charge is 2.15. The molecule has 0 radical (unpaired) electrons. The lowest BCUT2D eigenvalue weighted by atomic mass is 10.1. The maximum absolute atomic E-state index is 11.9. The standard InChI is InChI=1S/C13H20N4O2/c1-13(2,3)16-11(18)8-15-12(19)9-6-4-5-7-10(9)17-14/h4-7,17H,8,14H2,1-3H3,(H,15,19)(H,16,18). The third-order valence-corrected chi connectivity index (χ3v) is 2.25. The molecule has 0 heterocycles. The van der Waals surface area contributed by atoms with E-state index in [2.05, 4.69) is 16.1 Å². The molecule has 0 aliphatic carbocycles. The summed E-state index contributed by atoms with van der Waals surface area (Å²) < 4.78 is 0. The second-order valence-corrected chi connectivity index (χ2v) is 5.17. The van der Waals surface area contributed by atoms with Crippen LogP contribution in [0, 0.1) is 0 Å². The maximum Gasteiger partial charge on any atom is 0.253 e. The van der Waals surface area contributed by atoms with Gasteiger partial charge in [-0.1, -0.05) is 12.1 Å². The van der Waals surface area contributed by atoms with E-state index in [-0.39, 0.29) is 23.9 Å². The fourth-order valence-electron chi connectivity index (χ4n) is 1.53. The zero-order valence-electron chi connectivity index (χ0n) is 11.4. The first-order valence-corrected chi connectivity index (χ1v) is 5.98. The molecule has 104 valence electrons. The monoisotopic (exact) mass is 264 g/mol. The molecule has 0 fully saturated rings. The minimum atomic E-state index is -0.349. The van der Waals surface area contributed by atoms with Gasteiger partial charge in [-0.3, -0.25) is 15.4 Å². The van der Waals surface area contributed by atoms with E-state index in [1.807, 2.05) is 20.8 Å². The van der Waals surface area contributed by atoms with Gasteiger partial charge in [0.25, 0.3) is 5.91 Å². The van der Waals surface area contributed by atoms with Gasteiger partial charge in [0, 0.05) is 5.54 Å². The van der Waals surface area contributed by atoms with E-state index in [1.165, 1.54) is 0 Å². The summed E-state index contributed by atoms with van der Waals surface area (Å²) in [4.78, 5) is 23.5. The van der Waals surface area contributed by atoms with Crippen molar-refractivity contribution in [2.24, 2.45) is 5.84 Å². The second-order valence-electron chi connectivity index (χ2n) is 5.17. The molecule has 0 unspecified atom stereocenters. The summed E-state index contributed by atoms with van der Waals surface area (Å²) in [6.07, 6.45) is 0. The molecule has 0 saturated heterocycles. The van der Waals surface area contributed by atoms with Crippen molar-refractivity contribution >= 4 is 17.5 Å². The molecule has 0 aliphatic heterocycles. The van der Waals surface area contributed by atoms with Crippen LogP contribution in [0.3, 0.4) is 0 Å². The van der Waals surface area contributed by atoms with Crippen LogP contribution in [0.25, 0.3) is 0 Å². The maximum atomic E-state index is 11.9. The van der Waals surface area contributed by atoms with Crippen molar-refractivity contribution in [1.29, 1.82) is 0 Å². The number of carbonyl (C=O) groups excluding carboxylic acids is 2. The van der Waals surface area contributed by atoms with E-state index in [0.717, 1.165) is 0 Å². The van der Waals surface area contributed by atoms with Crippen molar-refractivity contribution in [2.75, 3.05) is 12.0 Å². The first kappa shape index (κ1) is 15.0. The molecule has 5 N–H and O–H groups in total. The van der Waals surface area contributed by atoms with Gasteiger partial charge in [0.05, 0.1) is 17.8 Å². The zero-order chi connectivity index (χ0) is 14.5. The van der Waals surface area contributed by atoms with Gasteiger partial charge in [-0.15, -0.1) is 0 Å². The van der Waals surface area contributed by atoms with Gasteiger partial charge < -0.3 is 16.1 Å². The van der Waals surface area contributed by atoms with Gasteiger partial charge in [-0.25, -0.2) is 0 Å². The SMILES string of the molecule is CC(C)(C)NC(=O)CNC(=O)c1ccccc1NN. The fraction of sp³-hybridized carbons (Fsp3) is 0.385. The first-order chi connectivity index (χ1) is 8.83. The number of hydrogen-bond acceptors (Lipinski definition) is 4. The Labute approximate surface area is 112 Å². The van der Waals surface area contributed by atoms with Crippen LogP contribution in [0.1, 0.15) is 31.1 Å². The largest absolute Gasteiger partial charge is 0.350 e. The third kappa shape index (κ3) is 4.97. The molecule has 6 heteroatoms. The molecule has 19 heavy (non-hydrogen) atoms. The van der Waals surface area contributed by atoms with E-state index >= 15 is 0 Å². The molecule has 2 amide bonds. The molecule has 6 nitrogen and oxygen atoms in total. The highest BCUT2D eigenvalue weighted by Crippen LogP contribution is 2.12. The van der Waals surface area contributed by atoms with Crippen LogP contribution in [-0.2, 0) is 4.79 Å². The summed E-state index contributed by atoms with van der Waals surface area (Å²) in [6, 6.07) is 6.81. The summed E-state index contributed by atoms with van der Waals surface area (Å²) in [6.45, 7) is 5.55. The van der Waals surface area contributed by atoms with Gasteiger partial charge in [0.1, 0.15) is 0 Å². The summed E-state index contributed by atoms with van der Waals surface area (Å²) in [5.74, 6) is 4.73. The van der Waals surface area contributed by atoms with Gasteiger partial charge in [-0.05, 0) is 32.9 Å². The average molecular weight is 264 g/mol. The van der Waals surface area contributed by atoms with Crippen LogP contribution in [0.4, 0.5) is 5.69 Å². The number of benzene rings is 1. The first-order valence-electron chi connectivity index (χ1n) is 5.98. The van der Waals surface area contributed by atoms with Crippen molar-refractivity contribution < 1.29 is 9.59 Å². The summed E-state index contributed by atoms with van der Waals surface area (Å²) in [7, 11) is 0. The number of hydrogen-bond donors (Lipinski definition) is 4. The zero-order valence-corrected chi connectivity index (χ0v) is 11.4. The van der Waals surface area contributed by atoms with E-state index in [1.54, 1.807) is 24.3 Å². The van der Waals surface area contributed by atoms with Crippen LogP contribution in [0.2, 0.25) is 0 Å². The molecule has 0 saturated carbocycles. The molecular formula is C13H20N4O2. The Morgan fingerprint density at radius 3 is 2.42 bits per heavy atom. The van der Waals surface area contributed by atoms with Crippen molar-refractivity contribution in [3.8, 4) is 0 Å². The van der Waals surface area contributed by atoms with Gasteiger partial charge in [0.15, 0.2) is 0 Å². The Bertz CT molecular complexity index is 466. The third-order valence-electron chi connectivity index (χ3n) is 2.25. The normalized spacial score (nSPS) is 10.7. The smallest absolute Gasteiger partial charge is 0.253 e. The van der Waals surface area contributed by atoms with E-state index < -0.39 is 0 Å². The topological polar surface area (TPSA) is 96.2 Å². The summed E-state index contributed by atoms with van der Waals surface area (Å²) >= 11 is 0. The number of carbonyl (C=O) groups is 2. The number of nitrogens with two attached hydrogens (primary N) is 1. The number of anilines is 1. The molecule has 1 aromatic carbocycles. The van der Waals surface area contributed by atoms with E-state index in [9.17, 15) is 9.59 Å². The van der Waals surface area contributed by atoms with Crippen molar-refractivity contribution in [1.82, 2.24) is 10.6 Å². The number of rotatable bonds is 4. The van der Waals surface area contributed by atoms with Crippen LogP contribution < -0.4 is 21.9 Å². The number of para-hydroxylation sites is 1. The molecule has 0 bridgehead atoms. The molecule has 1 aromatic rings. The van der Waals surface area contributed by atoms with Gasteiger partial charge >= 0.3 is 0 Å². The fourth-order valence-corrected chi connectivity index (χ4v) is 1.53. The van der Waals surface area contributed by atoms with Crippen LogP contribution in [-0.4, -0.2) is 23.9 Å². The van der Waals surface area contributed by atoms with E-state index in [0.29, 0.717) is 11.3 Å². The Balaban J connectivity index is 2.59. The second kappa shape index (κ2) is 6.19. The average Bonchev–Trinajstić information content (AvgIpc) is 2.33. The predicted molar refractivity (Wildman–Crippen MR) is 74.5 cm³/mol. The lowest BCUT2D eigenvalue weighted by Gasteiger charge is -2.20. The Morgan fingerprint density at radius 2 is 1.84 bits per heavy atom. The van der Waals surface area contributed by atoms with Crippen molar-refractivity contribution in [2.45, 2.75) is 26.3 Å². The Morgan fingerprint density at radius 1 is 1.21 bits per heavy atom. The van der Waals surface area contributed by atoms with E-state index in [4.69, 9.17) is 5.84 Å².